The van der Waals surface area contributed by atoms with Crippen LogP contribution in [0.25, 0.3) is 0 Å². The average molecular weight is 384 g/mol. The molecule has 2 aromatic rings. The van der Waals surface area contributed by atoms with Crippen molar-refractivity contribution in [2.75, 3.05) is 26.3 Å². The Morgan fingerprint density at radius 3 is 1.54 bits per heavy atom. The minimum absolute atomic E-state index is 0.00102. The van der Waals surface area contributed by atoms with Crippen LogP contribution in [-0.4, -0.2) is 50.6 Å². The normalized spacial score (nSPS) is 22.4. The Morgan fingerprint density at radius 1 is 0.714 bits per heavy atom. The lowest BCUT2D eigenvalue weighted by molar-refractivity contribution is 0.0630. The van der Waals surface area contributed by atoms with Crippen molar-refractivity contribution in [2.45, 2.75) is 38.1 Å². The first kappa shape index (κ1) is 18.9. The smallest absolute Gasteiger partial charge is 0.161 e. The Labute approximate surface area is 166 Å². The Hall–Kier alpha value is -2.44. The van der Waals surface area contributed by atoms with Crippen LogP contribution in [0.2, 0.25) is 0 Å². The van der Waals surface area contributed by atoms with Crippen LogP contribution in [0.4, 0.5) is 0 Å². The van der Waals surface area contributed by atoms with Gasteiger partial charge in [-0.1, -0.05) is 24.3 Å². The molecule has 0 aromatic heterocycles. The summed E-state index contributed by atoms with van der Waals surface area (Å²) in [5, 5.41) is 7.04. The lowest BCUT2D eigenvalue weighted by Crippen LogP contribution is -2.50. The van der Waals surface area contributed by atoms with Gasteiger partial charge in [-0.3, -0.25) is 0 Å². The van der Waals surface area contributed by atoms with Crippen molar-refractivity contribution >= 4 is 0 Å². The predicted molar refractivity (Wildman–Crippen MR) is 108 cm³/mol. The molecule has 4 rings (SSSR count). The van der Waals surface area contributed by atoms with Crippen molar-refractivity contribution in [1.82, 2.24) is 10.6 Å². The molecule has 0 radical (unpaired) electrons. The Balaban J connectivity index is 1.18. The van der Waals surface area contributed by atoms with Crippen LogP contribution in [0.3, 0.4) is 0 Å². The number of benzene rings is 2. The second-order valence-electron chi connectivity index (χ2n) is 7.31. The van der Waals surface area contributed by atoms with Gasteiger partial charge in [0.1, 0.15) is 25.4 Å². The molecule has 28 heavy (non-hydrogen) atoms. The molecule has 4 atom stereocenters. The number of hydrogen-bond acceptors (Lipinski definition) is 6. The maximum Gasteiger partial charge on any atom is 0.161 e. The summed E-state index contributed by atoms with van der Waals surface area (Å²) in [5.41, 5.74) is 0. The quantitative estimate of drug-likeness (QED) is 0.716. The van der Waals surface area contributed by atoms with Crippen molar-refractivity contribution in [3.8, 4) is 23.0 Å². The highest BCUT2D eigenvalue weighted by Crippen LogP contribution is 2.32. The fraction of sp³-hybridized carbons (Fsp3) is 0.455. The molecule has 2 N–H and O–H groups in total. The van der Waals surface area contributed by atoms with Gasteiger partial charge in [0.15, 0.2) is 23.0 Å². The summed E-state index contributed by atoms with van der Waals surface area (Å²) < 4.78 is 23.7. The van der Waals surface area contributed by atoms with Gasteiger partial charge in [-0.2, -0.15) is 0 Å². The first-order valence-electron chi connectivity index (χ1n) is 9.94. The van der Waals surface area contributed by atoms with Gasteiger partial charge in [-0.25, -0.2) is 0 Å². The lowest BCUT2D eigenvalue weighted by Gasteiger charge is -2.32. The number of nitrogens with one attached hydrogen (secondary N) is 2. The molecular weight excluding hydrogens is 356 g/mol. The zero-order chi connectivity index (χ0) is 19.3. The highest BCUT2D eigenvalue weighted by Gasteiger charge is 2.27. The van der Waals surface area contributed by atoms with Gasteiger partial charge in [0.05, 0.1) is 0 Å². The molecule has 4 unspecified atom stereocenters. The van der Waals surface area contributed by atoms with E-state index in [1.807, 2.05) is 48.5 Å². The minimum atomic E-state index is -0.00102. The fourth-order valence-corrected chi connectivity index (χ4v) is 3.43. The van der Waals surface area contributed by atoms with Crippen LogP contribution in [0.15, 0.2) is 48.5 Å². The number of hydrogen-bond donors (Lipinski definition) is 2. The molecule has 2 aliphatic rings. The van der Waals surface area contributed by atoms with Gasteiger partial charge < -0.3 is 29.6 Å². The van der Waals surface area contributed by atoms with E-state index in [-0.39, 0.29) is 24.3 Å². The summed E-state index contributed by atoms with van der Waals surface area (Å²) >= 11 is 0. The molecule has 6 nitrogen and oxygen atoms in total. The van der Waals surface area contributed by atoms with E-state index in [2.05, 4.69) is 24.5 Å². The summed E-state index contributed by atoms with van der Waals surface area (Å²) in [7, 11) is 0. The fourth-order valence-electron chi connectivity index (χ4n) is 3.43. The first-order chi connectivity index (χ1) is 13.7. The van der Waals surface area contributed by atoms with E-state index in [1.165, 1.54) is 0 Å². The largest absolute Gasteiger partial charge is 0.486 e. The van der Waals surface area contributed by atoms with E-state index < -0.39 is 0 Å². The van der Waals surface area contributed by atoms with Gasteiger partial charge in [-0.15, -0.1) is 0 Å². The summed E-state index contributed by atoms with van der Waals surface area (Å²) in [6.07, 6.45) is -0.00203. The monoisotopic (exact) mass is 384 g/mol. The molecule has 0 amide bonds. The molecule has 2 aliphatic heterocycles. The van der Waals surface area contributed by atoms with Crippen LogP contribution in [0.1, 0.15) is 13.8 Å². The zero-order valence-corrected chi connectivity index (χ0v) is 16.4. The van der Waals surface area contributed by atoms with Crippen LogP contribution in [0, 0.1) is 0 Å². The number of ether oxygens (including phenoxy) is 4. The lowest BCUT2D eigenvalue weighted by atomic mass is 10.1. The standard InChI is InChI=1S/C22H28N2O4/c1-15(21-13-25-17-7-3-5-9-19(17)27-21)23-11-12-24-16(2)22-14-26-18-8-4-6-10-20(18)28-22/h3-10,15-16,21-24H,11-14H2,1-2H3. The second-order valence-corrected chi connectivity index (χ2v) is 7.31. The van der Waals surface area contributed by atoms with E-state index in [9.17, 15) is 0 Å². The molecule has 0 saturated carbocycles. The molecule has 0 fully saturated rings. The Morgan fingerprint density at radius 2 is 1.11 bits per heavy atom. The second kappa shape index (κ2) is 8.71. The molecule has 2 heterocycles. The maximum absolute atomic E-state index is 6.06. The Bertz CT molecular complexity index is 719. The molecule has 2 aromatic carbocycles. The Kier molecular flexibility index (Phi) is 5.88. The zero-order valence-electron chi connectivity index (χ0n) is 16.4. The van der Waals surface area contributed by atoms with Gasteiger partial charge in [0.2, 0.25) is 0 Å². The SMILES string of the molecule is CC(NCCNC(C)C1COc2ccccc2O1)C1COc2ccccc2O1. The minimum Gasteiger partial charge on any atom is -0.486 e. The number of para-hydroxylation sites is 4. The van der Waals surface area contributed by atoms with Crippen molar-refractivity contribution < 1.29 is 18.9 Å². The molecule has 0 spiro atoms. The third kappa shape index (κ3) is 4.34. The topological polar surface area (TPSA) is 61.0 Å². The molecule has 150 valence electrons. The van der Waals surface area contributed by atoms with E-state index in [0.29, 0.717) is 13.2 Å². The van der Waals surface area contributed by atoms with Gasteiger partial charge in [0.25, 0.3) is 0 Å². The van der Waals surface area contributed by atoms with Crippen molar-refractivity contribution in [3.05, 3.63) is 48.5 Å². The summed E-state index contributed by atoms with van der Waals surface area (Å²) in [4.78, 5) is 0. The van der Waals surface area contributed by atoms with E-state index >= 15 is 0 Å². The summed E-state index contributed by atoms with van der Waals surface area (Å²) in [6.45, 7) is 7.03. The molecule has 6 heteroatoms. The van der Waals surface area contributed by atoms with Crippen molar-refractivity contribution in [3.63, 3.8) is 0 Å². The molecule has 0 saturated heterocycles. The first-order valence-corrected chi connectivity index (χ1v) is 9.94. The molecule has 0 aliphatic carbocycles. The molecule has 0 bridgehead atoms. The highest BCUT2D eigenvalue weighted by atomic mass is 16.6. The molecular formula is C22H28N2O4. The van der Waals surface area contributed by atoms with E-state index in [0.717, 1.165) is 36.1 Å². The average Bonchev–Trinajstić information content (AvgIpc) is 2.75. The van der Waals surface area contributed by atoms with E-state index in [4.69, 9.17) is 18.9 Å². The van der Waals surface area contributed by atoms with Gasteiger partial charge in [-0.05, 0) is 38.1 Å². The van der Waals surface area contributed by atoms with Gasteiger partial charge in [0, 0.05) is 25.2 Å². The third-order valence-corrected chi connectivity index (χ3v) is 5.23. The number of rotatable bonds is 7. The van der Waals surface area contributed by atoms with Crippen molar-refractivity contribution in [2.24, 2.45) is 0 Å². The third-order valence-electron chi connectivity index (χ3n) is 5.23. The van der Waals surface area contributed by atoms with Gasteiger partial charge >= 0.3 is 0 Å². The van der Waals surface area contributed by atoms with Crippen molar-refractivity contribution in [1.29, 1.82) is 0 Å². The summed E-state index contributed by atoms with van der Waals surface area (Å²) in [5.74, 6) is 3.26. The predicted octanol–water partition coefficient (Wildman–Crippen LogP) is 2.62. The highest BCUT2D eigenvalue weighted by molar-refractivity contribution is 5.41. The van der Waals surface area contributed by atoms with E-state index in [1.54, 1.807) is 0 Å². The van der Waals surface area contributed by atoms with Crippen LogP contribution in [-0.2, 0) is 0 Å². The number of fused-ring (bicyclic) bond motifs is 2. The van der Waals surface area contributed by atoms with Crippen LogP contribution < -0.4 is 29.6 Å². The maximum atomic E-state index is 6.06. The van der Waals surface area contributed by atoms with Crippen LogP contribution >= 0.6 is 0 Å². The summed E-state index contributed by atoms with van der Waals surface area (Å²) in [6, 6.07) is 16.0. The van der Waals surface area contributed by atoms with Crippen LogP contribution in [0.5, 0.6) is 23.0 Å².